The predicted molar refractivity (Wildman–Crippen MR) is 85.2 cm³/mol. The highest BCUT2D eigenvalue weighted by Crippen LogP contribution is 2.24. The standard InChI is InChI=1S/C16H17N5O/c1-12-10-17-11-18-15(12)20-6-8-21(9-7-20)16-19-13-4-2-3-5-14(13)22-16/h2-5,10-11H,6-9H2,1H3. The van der Waals surface area contributed by atoms with Crippen LogP contribution in [0.3, 0.4) is 0 Å². The zero-order valence-electron chi connectivity index (χ0n) is 12.4. The van der Waals surface area contributed by atoms with Gasteiger partial charge in [0.15, 0.2) is 5.58 Å². The molecule has 1 aliphatic heterocycles. The third-order valence-electron chi connectivity index (χ3n) is 4.00. The van der Waals surface area contributed by atoms with Gasteiger partial charge < -0.3 is 14.2 Å². The molecule has 0 aliphatic carbocycles. The van der Waals surface area contributed by atoms with Gasteiger partial charge in [-0.15, -0.1) is 0 Å². The van der Waals surface area contributed by atoms with Crippen LogP contribution in [-0.2, 0) is 0 Å². The minimum atomic E-state index is 0.709. The Morgan fingerprint density at radius 2 is 1.82 bits per heavy atom. The van der Waals surface area contributed by atoms with Crippen molar-refractivity contribution in [3.05, 3.63) is 42.4 Å². The van der Waals surface area contributed by atoms with E-state index in [0.717, 1.165) is 48.7 Å². The van der Waals surface area contributed by atoms with E-state index in [1.54, 1.807) is 6.33 Å². The second kappa shape index (κ2) is 5.29. The normalized spacial score (nSPS) is 15.5. The van der Waals surface area contributed by atoms with Crippen molar-refractivity contribution in [3.8, 4) is 0 Å². The van der Waals surface area contributed by atoms with E-state index in [4.69, 9.17) is 4.42 Å². The van der Waals surface area contributed by atoms with E-state index in [0.29, 0.717) is 6.01 Å². The summed E-state index contributed by atoms with van der Waals surface area (Å²) in [6.45, 7) is 5.59. The van der Waals surface area contributed by atoms with Crippen molar-refractivity contribution in [2.24, 2.45) is 0 Å². The van der Waals surface area contributed by atoms with E-state index >= 15 is 0 Å². The monoisotopic (exact) mass is 295 g/mol. The van der Waals surface area contributed by atoms with Gasteiger partial charge in [-0.1, -0.05) is 12.1 Å². The van der Waals surface area contributed by atoms with Gasteiger partial charge in [-0.05, 0) is 19.1 Å². The van der Waals surface area contributed by atoms with Gasteiger partial charge in [-0.2, -0.15) is 4.98 Å². The summed E-state index contributed by atoms with van der Waals surface area (Å²) < 4.78 is 5.84. The first-order valence-corrected chi connectivity index (χ1v) is 7.43. The van der Waals surface area contributed by atoms with Crippen LogP contribution in [0, 0.1) is 6.92 Å². The van der Waals surface area contributed by atoms with Gasteiger partial charge in [0.2, 0.25) is 0 Å². The molecule has 2 aromatic heterocycles. The molecule has 0 bridgehead atoms. The Hall–Kier alpha value is -2.63. The zero-order valence-corrected chi connectivity index (χ0v) is 12.4. The fraction of sp³-hybridized carbons (Fsp3) is 0.312. The second-order valence-corrected chi connectivity index (χ2v) is 5.47. The number of aryl methyl sites for hydroxylation is 1. The Balaban J connectivity index is 1.51. The van der Waals surface area contributed by atoms with Gasteiger partial charge in [0.1, 0.15) is 17.7 Å². The number of para-hydroxylation sites is 2. The lowest BCUT2D eigenvalue weighted by Crippen LogP contribution is -2.47. The van der Waals surface area contributed by atoms with Crippen LogP contribution in [0.15, 0.2) is 41.2 Å². The number of hydrogen-bond donors (Lipinski definition) is 0. The van der Waals surface area contributed by atoms with Gasteiger partial charge in [-0.3, -0.25) is 0 Å². The minimum absolute atomic E-state index is 0.709. The van der Waals surface area contributed by atoms with E-state index in [-0.39, 0.29) is 0 Å². The van der Waals surface area contributed by atoms with E-state index in [1.807, 2.05) is 37.4 Å². The number of hydrogen-bond acceptors (Lipinski definition) is 6. The number of anilines is 2. The summed E-state index contributed by atoms with van der Waals surface area (Å²) in [7, 11) is 0. The Bertz CT molecular complexity index is 759. The molecule has 6 heteroatoms. The van der Waals surface area contributed by atoms with Crippen molar-refractivity contribution in [2.45, 2.75) is 6.92 Å². The molecule has 1 aliphatic rings. The lowest BCUT2D eigenvalue weighted by atomic mass is 10.2. The zero-order chi connectivity index (χ0) is 14.9. The number of piperazine rings is 1. The fourth-order valence-corrected chi connectivity index (χ4v) is 2.83. The van der Waals surface area contributed by atoms with Crippen LogP contribution in [0.25, 0.3) is 11.1 Å². The first kappa shape index (κ1) is 13.1. The largest absolute Gasteiger partial charge is 0.423 e. The first-order chi connectivity index (χ1) is 10.8. The van der Waals surface area contributed by atoms with Crippen LogP contribution >= 0.6 is 0 Å². The molecule has 3 heterocycles. The molecular weight excluding hydrogens is 278 g/mol. The van der Waals surface area contributed by atoms with Gasteiger partial charge in [0.05, 0.1) is 0 Å². The highest BCUT2D eigenvalue weighted by molar-refractivity contribution is 5.74. The molecule has 0 spiro atoms. The minimum Gasteiger partial charge on any atom is -0.423 e. The van der Waals surface area contributed by atoms with Gasteiger partial charge >= 0.3 is 0 Å². The number of rotatable bonds is 2. The predicted octanol–water partition coefficient (Wildman–Crippen LogP) is 2.25. The van der Waals surface area contributed by atoms with Crippen molar-refractivity contribution < 1.29 is 4.42 Å². The van der Waals surface area contributed by atoms with Gasteiger partial charge in [0.25, 0.3) is 6.01 Å². The van der Waals surface area contributed by atoms with Crippen LogP contribution in [0.1, 0.15) is 5.56 Å². The van der Waals surface area contributed by atoms with Crippen LogP contribution in [0.2, 0.25) is 0 Å². The summed E-state index contributed by atoms with van der Waals surface area (Å²) in [5, 5.41) is 0. The van der Waals surface area contributed by atoms with Crippen molar-refractivity contribution in [1.82, 2.24) is 15.0 Å². The van der Waals surface area contributed by atoms with Crippen molar-refractivity contribution in [3.63, 3.8) is 0 Å². The highest BCUT2D eigenvalue weighted by Gasteiger charge is 2.22. The maximum atomic E-state index is 5.84. The number of fused-ring (bicyclic) bond motifs is 1. The lowest BCUT2D eigenvalue weighted by Gasteiger charge is -2.35. The van der Waals surface area contributed by atoms with Crippen LogP contribution in [-0.4, -0.2) is 41.1 Å². The molecule has 0 unspecified atom stereocenters. The van der Waals surface area contributed by atoms with Crippen LogP contribution in [0.5, 0.6) is 0 Å². The highest BCUT2D eigenvalue weighted by atomic mass is 16.4. The molecule has 1 aromatic carbocycles. The van der Waals surface area contributed by atoms with Crippen molar-refractivity contribution >= 4 is 22.9 Å². The van der Waals surface area contributed by atoms with Crippen molar-refractivity contribution in [1.29, 1.82) is 0 Å². The molecule has 0 amide bonds. The lowest BCUT2D eigenvalue weighted by molar-refractivity contribution is 0.540. The van der Waals surface area contributed by atoms with Gasteiger partial charge in [-0.25, -0.2) is 9.97 Å². The van der Waals surface area contributed by atoms with E-state index in [9.17, 15) is 0 Å². The SMILES string of the molecule is Cc1cncnc1N1CCN(c2nc3ccccc3o2)CC1. The van der Waals surface area contributed by atoms with E-state index in [1.165, 1.54) is 0 Å². The van der Waals surface area contributed by atoms with E-state index < -0.39 is 0 Å². The molecule has 22 heavy (non-hydrogen) atoms. The molecule has 1 saturated heterocycles. The van der Waals surface area contributed by atoms with Gasteiger partial charge in [0, 0.05) is 37.9 Å². The molecular formula is C16H17N5O. The number of aromatic nitrogens is 3. The number of nitrogens with zero attached hydrogens (tertiary/aromatic N) is 5. The molecule has 4 rings (SSSR count). The first-order valence-electron chi connectivity index (χ1n) is 7.43. The Kier molecular flexibility index (Phi) is 3.14. The van der Waals surface area contributed by atoms with Crippen LogP contribution in [0.4, 0.5) is 11.8 Å². The molecule has 0 radical (unpaired) electrons. The van der Waals surface area contributed by atoms with Crippen LogP contribution < -0.4 is 9.80 Å². The summed E-state index contributed by atoms with van der Waals surface area (Å²) in [5.41, 5.74) is 2.86. The number of benzene rings is 1. The second-order valence-electron chi connectivity index (χ2n) is 5.47. The molecule has 0 saturated carbocycles. The topological polar surface area (TPSA) is 58.3 Å². The Labute approximate surface area is 128 Å². The maximum Gasteiger partial charge on any atom is 0.298 e. The third-order valence-corrected chi connectivity index (χ3v) is 4.00. The Morgan fingerprint density at radius 3 is 2.59 bits per heavy atom. The summed E-state index contributed by atoms with van der Waals surface area (Å²) in [4.78, 5) is 17.5. The number of oxazole rings is 1. The smallest absolute Gasteiger partial charge is 0.298 e. The quantitative estimate of drug-likeness (QED) is 0.723. The van der Waals surface area contributed by atoms with Crippen molar-refractivity contribution in [2.75, 3.05) is 36.0 Å². The molecule has 3 aromatic rings. The summed E-state index contributed by atoms with van der Waals surface area (Å²) in [6.07, 6.45) is 3.46. The van der Waals surface area contributed by atoms with E-state index in [2.05, 4.69) is 24.8 Å². The third kappa shape index (κ3) is 2.26. The summed E-state index contributed by atoms with van der Waals surface area (Å²) in [6, 6.07) is 8.58. The maximum absolute atomic E-state index is 5.84. The molecule has 6 nitrogen and oxygen atoms in total. The fourth-order valence-electron chi connectivity index (χ4n) is 2.83. The average Bonchev–Trinajstić information content (AvgIpc) is 2.99. The Morgan fingerprint density at radius 1 is 1.05 bits per heavy atom. The average molecular weight is 295 g/mol. The molecule has 1 fully saturated rings. The summed E-state index contributed by atoms with van der Waals surface area (Å²) >= 11 is 0. The molecule has 0 atom stereocenters. The molecule has 112 valence electrons. The molecule has 0 N–H and O–H groups in total. The summed E-state index contributed by atoms with van der Waals surface area (Å²) in [5.74, 6) is 1.02.